The Morgan fingerprint density at radius 1 is 0.944 bits per heavy atom. The molecule has 4 aromatic rings. The average Bonchev–Trinajstić information content (AvgIpc) is 3.34. The van der Waals surface area contributed by atoms with Crippen LogP contribution in [-0.2, 0) is 6.54 Å². The standard InChI is InChI=1S/C30H32N4OS/c1-19-14-20(2)16-24(15-19)34-21(3)17-26(22(34)4)29-28(27-8-6-7-13-31-27)32-30(36)33(29)18-23-9-11-25(35-5)12-10-23/h6-17,28-29H,18H2,1-5H3,(H,32,36)/t28-,29-/m1/s1. The van der Waals surface area contributed by atoms with Crippen LogP contribution in [0, 0.1) is 27.7 Å². The average molecular weight is 497 g/mol. The summed E-state index contributed by atoms with van der Waals surface area (Å²) >= 11 is 5.91. The third-order valence-electron chi connectivity index (χ3n) is 6.96. The Labute approximate surface area is 218 Å². The second-order valence-electron chi connectivity index (χ2n) is 9.61. The summed E-state index contributed by atoms with van der Waals surface area (Å²) in [4.78, 5) is 7.00. The summed E-state index contributed by atoms with van der Waals surface area (Å²) in [6, 6.07) is 23.2. The molecule has 1 aliphatic rings. The van der Waals surface area contributed by atoms with Gasteiger partial charge in [-0.25, -0.2) is 0 Å². The molecule has 2 aromatic carbocycles. The lowest BCUT2D eigenvalue weighted by Gasteiger charge is -2.28. The van der Waals surface area contributed by atoms with Gasteiger partial charge >= 0.3 is 0 Å². The fourth-order valence-corrected chi connectivity index (χ4v) is 5.71. The number of nitrogens with zero attached hydrogens (tertiary/aromatic N) is 3. The number of methoxy groups -OCH3 is 1. The summed E-state index contributed by atoms with van der Waals surface area (Å²) in [7, 11) is 1.69. The molecule has 0 amide bonds. The van der Waals surface area contributed by atoms with Crippen molar-refractivity contribution in [3.8, 4) is 11.4 Å². The second kappa shape index (κ2) is 9.78. The van der Waals surface area contributed by atoms with E-state index in [1.165, 1.54) is 39.3 Å². The smallest absolute Gasteiger partial charge is 0.170 e. The maximum atomic E-state index is 5.91. The van der Waals surface area contributed by atoms with Crippen molar-refractivity contribution >= 4 is 17.3 Å². The molecule has 184 valence electrons. The quantitative estimate of drug-likeness (QED) is 0.318. The van der Waals surface area contributed by atoms with Crippen LogP contribution in [0.2, 0.25) is 0 Å². The van der Waals surface area contributed by atoms with Crippen LogP contribution in [0.15, 0.2) is 72.9 Å². The molecule has 36 heavy (non-hydrogen) atoms. The van der Waals surface area contributed by atoms with Gasteiger partial charge in [0.05, 0.1) is 24.9 Å². The molecule has 0 aliphatic carbocycles. The van der Waals surface area contributed by atoms with Gasteiger partial charge in [-0.3, -0.25) is 4.98 Å². The largest absolute Gasteiger partial charge is 0.497 e. The van der Waals surface area contributed by atoms with Gasteiger partial charge in [0.1, 0.15) is 5.75 Å². The summed E-state index contributed by atoms with van der Waals surface area (Å²) in [5, 5.41) is 4.33. The highest BCUT2D eigenvalue weighted by Gasteiger charge is 2.41. The number of aryl methyl sites for hydroxylation is 3. The maximum Gasteiger partial charge on any atom is 0.170 e. The molecule has 3 heterocycles. The number of nitrogens with one attached hydrogen (secondary N) is 1. The molecular weight excluding hydrogens is 464 g/mol. The zero-order valence-electron chi connectivity index (χ0n) is 21.4. The molecule has 5 nitrogen and oxygen atoms in total. The number of benzene rings is 2. The van der Waals surface area contributed by atoms with Crippen LogP contribution in [-0.4, -0.2) is 26.7 Å². The molecule has 1 saturated heterocycles. The Hall–Kier alpha value is -3.64. The minimum absolute atomic E-state index is 0.000331. The van der Waals surface area contributed by atoms with Crippen LogP contribution in [0.3, 0.4) is 0 Å². The lowest BCUT2D eigenvalue weighted by Crippen LogP contribution is -2.29. The number of thiocarbonyl (C=S) groups is 1. The molecular formula is C30H32N4OS. The molecule has 2 aromatic heterocycles. The van der Waals surface area contributed by atoms with E-state index in [0.717, 1.165) is 16.6 Å². The van der Waals surface area contributed by atoms with Crippen molar-refractivity contribution in [2.45, 2.75) is 46.3 Å². The summed E-state index contributed by atoms with van der Waals surface area (Å²) in [5.74, 6) is 0.848. The van der Waals surface area contributed by atoms with Crippen molar-refractivity contribution in [2.75, 3.05) is 7.11 Å². The number of rotatable bonds is 6. The molecule has 1 N–H and O–H groups in total. The number of ether oxygens (including phenoxy) is 1. The SMILES string of the molecule is COc1ccc(CN2C(=S)N[C@H](c3ccccn3)[C@H]2c2cc(C)n(-c3cc(C)cc(C)c3)c2C)cc1. The Morgan fingerprint density at radius 3 is 2.31 bits per heavy atom. The van der Waals surface area contributed by atoms with Crippen LogP contribution in [0.1, 0.15) is 51.4 Å². The van der Waals surface area contributed by atoms with Crippen LogP contribution >= 0.6 is 12.2 Å². The highest BCUT2D eigenvalue weighted by atomic mass is 32.1. The normalized spacial score (nSPS) is 17.4. The molecule has 0 saturated carbocycles. The van der Waals surface area contributed by atoms with Crippen LogP contribution in [0.4, 0.5) is 0 Å². The van der Waals surface area contributed by atoms with Gasteiger partial charge in [-0.15, -0.1) is 0 Å². The van der Waals surface area contributed by atoms with Gasteiger partial charge in [-0.05, 0) is 105 Å². The van der Waals surface area contributed by atoms with E-state index in [0.29, 0.717) is 6.54 Å². The number of aromatic nitrogens is 2. The molecule has 6 heteroatoms. The van der Waals surface area contributed by atoms with E-state index in [1.807, 2.05) is 30.5 Å². The fourth-order valence-electron chi connectivity index (χ4n) is 5.41. The van der Waals surface area contributed by atoms with E-state index >= 15 is 0 Å². The van der Waals surface area contributed by atoms with Crippen LogP contribution in [0.25, 0.3) is 5.69 Å². The zero-order chi connectivity index (χ0) is 25.4. The summed E-state index contributed by atoms with van der Waals surface area (Å²) < 4.78 is 7.71. The topological polar surface area (TPSA) is 42.3 Å². The van der Waals surface area contributed by atoms with Crippen LogP contribution < -0.4 is 10.1 Å². The van der Waals surface area contributed by atoms with E-state index in [1.54, 1.807) is 7.11 Å². The first-order valence-electron chi connectivity index (χ1n) is 12.2. The summed E-state index contributed by atoms with van der Waals surface area (Å²) in [6.07, 6.45) is 1.85. The Balaban J connectivity index is 1.61. The highest BCUT2D eigenvalue weighted by molar-refractivity contribution is 7.80. The third-order valence-corrected chi connectivity index (χ3v) is 7.32. The van der Waals surface area contributed by atoms with Crippen molar-refractivity contribution < 1.29 is 4.74 Å². The molecule has 2 atom stereocenters. The number of hydrogen-bond donors (Lipinski definition) is 1. The van der Waals surface area contributed by atoms with Gasteiger partial charge in [0.2, 0.25) is 0 Å². The summed E-state index contributed by atoms with van der Waals surface area (Å²) in [6.45, 7) is 9.38. The van der Waals surface area contributed by atoms with Gasteiger partial charge in [0.25, 0.3) is 0 Å². The predicted octanol–water partition coefficient (Wildman–Crippen LogP) is 6.29. The van der Waals surface area contributed by atoms with Crippen molar-refractivity contribution in [1.29, 1.82) is 0 Å². The molecule has 0 unspecified atom stereocenters. The van der Waals surface area contributed by atoms with Crippen molar-refractivity contribution in [1.82, 2.24) is 19.8 Å². The van der Waals surface area contributed by atoms with E-state index in [4.69, 9.17) is 21.9 Å². The van der Waals surface area contributed by atoms with Gasteiger partial charge in [-0.2, -0.15) is 0 Å². The van der Waals surface area contributed by atoms with Crippen LogP contribution in [0.5, 0.6) is 5.75 Å². The maximum absolute atomic E-state index is 5.91. The molecule has 0 bridgehead atoms. The Morgan fingerprint density at radius 2 is 1.67 bits per heavy atom. The lowest BCUT2D eigenvalue weighted by atomic mass is 9.96. The molecule has 0 radical (unpaired) electrons. The molecule has 1 aliphatic heterocycles. The predicted molar refractivity (Wildman–Crippen MR) is 149 cm³/mol. The van der Waals surface area contributed by atoms with E-state index in [-0.39, 0.29) is 12.1 Å². The first-order valence-corrected chi connectivity index (χ1v) is 12.6. The van der Waals surface area contributed by atoms with Gasteiger partial charge in [0.15, 0.2) is 5.11 Å². The van der Waals surface area contributed by atoms with Crippen molar-refractivity contribution in [2.24, 2.45) is 0 Å². The fraction of sp³-hybridized carbons (Fsp3) is 0.267. The minimum atomic E-state index is -0.0508. The van der Waals surface area contributed by atoms with E-state index in [9.17, 15) is 0 Å². The minimum Gasteiger partial charge on any atom is -0.497 e. The number of pyridine rings is 1. The highest BCUT2D eigenvalue weighted by Crippen LogP contribution is 2.42. The first-order chi connectivity index (χ1) is 17.4. The Kier molecular flexibility index (Phi) is 6.54. The Bertz CT molecular complexity index is 1370. The molecule has 0 spiro atoms. The van der Waals surface area contributed by atoms with Crippen molar-refractivity contribution in [3.05, 3.63) is 112 Å². The monoisotopic (exact) mass is 496 g/mol. The van der Waals surface area contributed by atoms with Crippen molar-refractivity contribution in [3.63, 3.8) is 0 Å². The van der Waals surface area contributed by atoms with Gasteiger partial charge in [0, 0.05) is 29.8 Å². The second-order valence-corrected chi connectivity index (χ2v) is 10.00. The molecule has 5 rings (SSSR count). The zero-order valence-corrected chi connectivity index (χ0v) is 22.3. The number of hydrogen-bond acceptors (Lipinski definition) is 3. The van der Waals surface area contributed by atoms with Gasteiger partial charge in [-0.1, -0.05) is 24.3 Å². The van der Waals surface area contributed by atoms with E-state index in [2.05, 4.69) is 84.9 Å². The van der Waals surface area contributed by atoms with Gasteiger partial charge < -0.3 is 19.5 Å². The summed E-state index contributed by atoms with van der Waals surface area (Å²) in [5.41, 5.74) is 9.55. The first kappa shape index (κ1) is 24.1. The lowest BCUT2D eigenvalue weighted by molar-refractivity contribution is 0.310. The van der Waals surface area contributed by atoms with E-state index < -0.39 is 0 Å². The molecule has 1 fully saturated rings. The third kappa shape index (κ3) is 4.49.